The number of rotatable bonds is 1. The highest BCUT2D eigenvalue weighted by atomic mass is 35.5. The van der Waals surface area contributed by atoms with Crippen LogP contribution in [0.15, 0.2) is 65.3 Å². The number of benzene rings is 2. The highest BCUT2D eigenvalue weighted by molar-refractivity contribution is 6.42. The summed E-state index contributed by atoms with van der Waals surface area (Å²) >= 11 is 13.4. The van der Waals surface area contributed by atoms with Gasteiger partial charge in [0.1, 0.15) is 6.10 Å². The lowest BCUT2D eigenvalue weighted by atomic mass is 9.80. The minimum atomic E-state index is -1.66. The third-order valence-electron chi connectivity index (χ3n) is 5.19. The van der Waals surface area contributed by atoms with Crippen LogP contribution in [0.2, 0.25) is 0 Å². The molecule has 2 aromatic carbocycles. The standard InChI is InChI=1S/C20H17Cl2NO2/c1-19(2)13-10-6-7-11-14(13)23-16(19)15(21)17(24)20(22,18(23)25)12-8-4-3-5-9-12/h3-11,17,24H,1-2H3/t17-,20+/m0/s1. The van der Waals surface area contributed by atoms with Crippen LogP contribution in [-0.4, -0.2) is 17.1 Å². The molecule has 25 heavy (non-hydrogen) atoms. The van der Waals surface area contributed by atoms with Gasteiger partial charge in [0.2, 0.25) is 0 Å². The van der Waals surface area contributed by atoms with Crippen molar-refractivity contribution in [2.75, 3.05) is 4.90 Å². The summed E-state index contributed by atoms with van der Waals surface area (Å²) in [5.74, 6) is -0.384. The van der Waals surface area contributed by atoms with Crippen LogP contribution in [0.3, 0.4) is 0 Å². The molecule has 0 bridgehead atoms. The summed E-state index contributed by atoms with van der Waals surface area (Å²) in [6.45, 7) is 3.99. The minimum absolute atomic E-state index is 0.208. The SMILES string of the molecule is CC1(C)C2=C(Cl)[C@H](O)[C@](Cl)(c3ccccc3)C(=O)N2c2ccccc21. The first-order valence-electron chi connectivity index (χ1n) is 8.08. The van der Waals surface area contributed by atoms with Crippen molar-refractivity contribution in [3.05, 3.63) is 76.5 Å². The number of amides is 1. The van der Waals surface area contributed by atoms with Gasteiger partial charge < -0.3 is 5.11 Å². The Morgan fingerprint density at radius 3 is 2.32 bits per heavy atom. The van der Waals surface area contributed by atoms with Crippen molar-refractivity contribution in [3.63, 3.8) is 0 Å². The fourth-order valence-electron chi connectivity index (χ4n) is 3.89. The Labute approximate surface area is 156 Å². The molecule has 0 unspecified atom stereocenters. The van der Waals surface area contributed by atoms with Crippen LogP contribution < -0.4 is 4.90 Å². The lowest BCUT2D eigenvalue weighted by molar-refractivity contribution is -0.124. The smallest absolute Gasteiger partial charge is 0.260 e. The summed E-state index contributed by atoms with van der Waals surface area (Å²) in [5.41, 5.74) is 2.36. The van der Waals surface area contributed by atoms with E-state index in [0.29, 0.717) is 11.3 Å². The van der Waals surface area contributed by atoms with Gasteiger partial charge in [0.05, 0.1) is 16.4 Å². The van der Waals surface area contributed by atoms with Crippen molar-refractivity contribution >= 4 is 34.8 Å². The zero-order chi connectivity index (χ0) is 18.0. The van der Waals surface area contributed by atoms with Crippen molar-refractivity contribution in [2.24, 2.45) is 0 Å². The first-order chi connectivity index (χ1) is 11.8. The van der Waals surface area contributed by atoms with E-state index in [1.807, 2.05) is 44.2 Å². The first kappa shape index (κ1) is 16.6. The highest BCUT2D eigenvalue weighted by Gasteiger charge is 2.59. The Bertz CT molecular complexity index is 907. The lowest BCUT2D eigenvalue weighted by Crippen LogP contribution is -2.55. The third-order valence-corrected chi connectivity index (χ3v) is 6.16. The number of para-hydroxylation sites is 1. The average Bonchev–Trinajstić information content (AvgIpc) is 2.87. The van der Waals surface area contributed by atoms with Crippen molar-refractivity contribution in [1.82, 2.24) is 0 Å². The summed E-state index contributed by atoms with van der Waals surface area (Å²) in [4.78, 5) is 13.4. The van der Waals surface area contributed by atoms with E-state index in [1.54, 1.807) is 29.2 Å². The Morgan fingerprint density at radius 2 is 1.64 bits per heavy atom. The number of alkyl halides is 1. The van der Waals surface area contributed by atoms with Gasteiger partial charge >= 0.3 is 0 Å². The normalized spacial score (nSPS) is 27.3. The van der Waals surface area contributed by atoms with Crippen LogP contribution in [0.1, 0.15) is 25.0 Å². The number of aliphatic hydroxyl groups excluding tert-OH is 1. The van der Waals surface area contributed by atoms with Crippen LogP contribution in [0.25, 0.3) is 0 Å². The molecule has 0 spiro atoms. The predicted molar refractivity (Wildman–Crippen MR) is 99.8 cm³/mol. The molecule has 1 N–H and O–H groups in total. The van der Waals surface area contributed by atoms with Crippen LogP contribution in [-0.2, 0) is 15.1 Å². The predicted octanol–water partition coefficient (Wildman–Crippen LogP) is 4.27. The number of fused-ring (bicyclic) bond motifs is 3. The molecule has 2 heterocycles. The average molecular weight is 374 g/mol. The Kier molecular flexibility index (Phi) is 3.56. The van der Waals surface area contributed by atoms with Gasteiger partial charge in [0.15, 0.2) is 4.87 Å². The molecular weight excluding hydrogens is 357 g/mol. The van der Waals surface area contributed by atoms with Crippen LogP contribution in [0.5, 0.6) is 0 Å². The molecule has 2 atom stereocenters. The highest BCUT2D eigenvalue weighted by Crippen LogP contribution is 2.56. The molecule has 4 rings (SSSR count). The number of carbonyl (C=O) groups is 1. The topological polar surface area (TPSA) is 40.5 Å². The third kappa shape index (κ3) is 2.00. The second kappa shape index (κ2) is 5.34. The van der Waals surface area contributed by atoms with Gasteiger partial charge in [-0.2, -0.15) is 0 Å². The molecule has 2 aliphatic heterocycles. The van der Waals surface area contributed by atoms with E-state index in [1.165, 1.54) is 0 Å². The Morgan fingerprint density at radius 1 is 1.04 bits per heavy atom. The maximum atomic E-state index is 13.5. The van der Waals surface area contributed by atoms with Gasteiger partial charge in [0, 0.05) is 5.41 Å². The summed E-state index contributed by atoms with van der Waals surface area (Å²) < 4.78 is 0. The fraction of sp³-hybridized carbons (Fsp3) is 0.250. The van der Waals surface area contributed by atoms with E-state index in [9.17, 15) is 9.90 Å². The van der Waals surface area contributed by atoms with Gasteiger partial charge in [0.25, 0.3) is 5.91 Å². The minimum Gasteiger partial charge on any atom is -0.385 e. The molecule has 0 saturated heterocycles. The number of anilines is 1. The zero-order valence-corrected chi connectivity index (χ0v) is 15.3. The quantitative estimate of drug-likeness (QED) is 0.758. The molecule has 5 heteroatoms. The molecule has 3 nitrogen and oxygen atoms in total. The molecule has 128 valence electrons. The largest absolute Gasteiger partial charge is 0.385 e. The lowest BCUT2D eigenvalue weighted by Gasteiger charge is -2.42. The van der Waals surface area contributed by atoms with E-state index in [0.717, 1.165) is 11.3 Å². The molecule has 0 aromatic heterocycles. The number of hydrogen-bond acceptors (Lipinski definition) is 2. The van der Waals surface area contributed by atoms with Crippen molar-refractivity contribution in [2.45, 2.75) is 30.2 Å². The Balaban J connectivity index is 2.01. The summed E-state index contributed by atoms with van der Waals surface area (Å²) in [6.07, 6.45) is -1.31. The van der Waals surface area contributed by atoms with Crippen LogP contribution in [0, 0.1) is 0 Å². The van der Waals surface area contributed by atoms with Crippen molar-refractivity contribution in [3.8, 4) is 0 Å². The van der Waals surface area contributed by atoms with Crippen LogP contribution in [0.4, 0.5) is 5.69 Å². The van der Waals surface area contributed by atoms with E-state index in [2.05, 4.69) is 0 Å². The molecule has 0 fully saturated rings. The number of carbonyl (C=O) groups excluding carboxylic acids is 1. The second-order valence-electron chi connectivity index (χ2n) is 6.96. The number of halogens is 2. The van der Waals surface area contributed by atoms with Crippen molar-refractivity contribution in [1.29, 1.82) is 0 Å². The molecule has 0 radical (unpaired) electrons. The molecule has 0 aliphatic carbocycles. The maximum absolute atomic E-state index is 13.5. The molecule has 0 saturated carbocycles. The fourth-order valence-corrected chi connectivity index (χ4v) is 4.75. The van der Waals surface area contributed by atoms with Gasteiger partial charge in [-0.05, 0) is 17.2 Å². The summed E-state index contributed by atoms with van der Waals surface area (Å²) in [7, 11) is 0. The molecule has 2 aliphatic rings. The van der Waals surface area contributed by atoms with Gasteiger partial charge in [-0.3, -0.25) is 9.69 Å². The number of allylic oxidation sites excluding steroid dienone is 1. The summed E-state index contributed by atoms with van der Waals surface area (Å²) in [5, 5.41) is 11.1. The second-order valence-corrected chi connectivity index (χ2v) is 7.96. The first-order valence-corrected chi connectivity index (χ1v) is 8.83. The van der Waals surface area contributed by atoms with Crippen LogP contribution >= 0.6 is 23.2 Å². The molecule has 1 amide bonds. The number of nitrogens with zero attached hydrogens (tertiary/aromatic N) is 1. The van der Waals surface area contributed by atoms with E-state index < -0.39 is 16.4 Å². The molecule has 2 aromatic rings. The Hall–Kier alpha value is -1.81. The zero-order valence-electron chi connectivity index (χ0n) is 13.8. The van der Waals surface area contributed by atoms with Gasteiger partial charge in [-0.15, -0.1) is 0 Å². The molecular formula is C20H17Cl2NO2. The van der Waals surface area contributed by atoms with Crippen molar-refractivity contribution < 1.29 is 9.90 Å². The van der Waals surface area contributed by atoms with Gasteiger partial charge in [-0.1, -0.05) is 85.6 Å². The monoisotopic (exact) mass is 373 g/mol. The van der Waals surface area contributed by atoms with E-state index in [4.69, 9.17) is 23.2 Å². The number of aliphatic hydroxyl groups is 1. The van der Waals surface area contributed by atoms with E-state index >= 15 is 0 Å². The number of hydrogen-bond donors (Lipinski definition) is 1. The van der Waals surface area contributed by atoms with E-state index in [-0.39, 0.29) is 10.9 Å². The summed E-state index contributed by atoms with van der Waals surface area (Å²) in [6, 6.07) is 16.5. The van der Waals surface area contributed by atoms with Gasteiger partial charge in [-0.25, -0.2) is 0 Å². The maximum Gasteiger partial charge on any atom is 0.260 e.